The van der Waals surface area contributed by atoms with Gasteiger partial charge in [0.15, 0.2) is 0 Å². The van der Waals surface area contributed by atoms with Crippen LogP contribution in [0.4, 0.5) is 4.39 Å². The highest BCUT2D eigenvalue weighted by Gasteiger charge is 2.29. The number of aromatic nitrogens is 2. The monoisotopic (exact) mass is 365 g/mol. The lowest BCUT2D eigenvalue weighted by Gasteiger charge is -2.18. The summed E-state index contributed by atoms with van der Waals surface area (Å²) in [6.07, 6.45) is 1.81. The molecule has 1 amide bonds. The van der Waals surface area contributed by atoms with Gasteiger partial charge in [-0.1, -0.05) is 24.3 Å². The molecule has 2 aromatic carbocycles. The number of amides is 1. The van der Waals surface area contributed by atoms with E-state index in [1.165, 1.54) is 12.1 Å². The van der Waals surface area contributed by atoms with Crippen molar-refractivity contribution in [2.45, 2.75) is 26.6 Å². The number of carbonyl (C=O) groups excluding carboxylic acids is 1. The maximum Gasteiger partial charge on any atom is 0.258 e. The average molecular weight is 365 g/mol. The Morgan fingerprint density at radius 2 is 1.93 bits per heavy atom. The van der Waals surface area contributed by atoms with Crippen molar-refractivity contribution in [2.24, 2.45) is 0 Å². The third-order valence-corrected chi connectivity index (χ3v) is 4.69. The number of benzene rings is 2. The Morgan fingerprint density at radius 3 is 2.70 bits per heavy atom. The smallest absolute Gasteiger partial charge is 0.258 e. The molecule has 2 heterocycles. The van der Waals surface area contributed by atoms with Gasteiger partial charge in [-0.2, -0.15) is 5.10 Å². The molecule has 3 aromatic rings. The van der Waals surface area contributed by atoms with Crippen molar-refractivity contribution in [1.82, 2.24) is 14.7 Å². The Hall–Kier alpha value is -3.15. The highest BCUT2D eigenvalue weighted by molar-refractivity contribution is 5.97. The number of ether oxygens (including phenoxy) is 1. The molecule has 0 spiro atoms. The predicted octanol–water partition coefficient (Wildman–Crippen LogP) is 3.63. The first-order valence-electron chi connectivity index (χ1n) is 8.95. The second kappa shape index (κ2) is 7.23. The highest BCUT2D eigenvalue weighted by atomic mass is 19.1. The second-order valence-corrected chi connectivity index (χ2v) is 6.49. The van der Waals surface area contributed by atoms with Crippen LogP contribution in [0, 0.1) is 5.82 Å². The third-order valence-electron chi connectivity index (χ3n) is 4.69. The topological polar surface area (TPSA) is 47.4 Å². The lowest BCUT2D eigenvalue weighted by atomic mass is 10.1. The van der Waals surface area contributed by atoms with Gasteiger partial charge in [0, 0.05) is 12.1 Å². The van der Waals surface area contributed by atoms with Crippen LogP contribution in [0.25, 0.3) is 0 Å². The molecule has 27 heavy (non-hydrogen) atoms. The number of nitrogens with zero attached hydrogens (tertiary/aromatic N) is 3. The molecule has 0 unspecified atom stereocenters. The first kappa shape index (κ1) is 17.3. The van der Waals surface area contributed by atoms with E-state index in [0.717, 1.165) is 16.8 Å². The lowest BCUT2D eigenvalue weighted by molar-refractivity contribution is 0.0744. The number of fused-ring (bicyclic) bond motifs is 1. The minimum absolute atomic E-state index is 0.0522. The maximum atomic E-state index is 13.1. The fourth-order valence-electron chi connectivity index (χ4n) is 3.34. The molecule has 1 aliphatic rings. The summed E-state index contributed by atoms with van der Waals surface area (Å²) in [5, 5.41) is 4.43. The average Bonchev–Trinajstić information content (AvgIpc) is 3.26. The molecule has 1 aliphatic heterocycles. The molecule has 0 atom stereocenters. The van der Waals surface area contributed by atoms with E-state index in [2.05, 4.69) is 5.10 Å². The Labute approximate surface area is 157 Å². The van der Waals surface area contributed by atoms with E-state index in [-0.39, 0.29) is 11.7 Å². The Kier molecular flexibility index (Phi) is 4.62. The van der Waals surface area contributed by atoms with E-state index < -0.39 is 0 Å². The van der Waals surface area contributed by atoms with Gasteiger partial charge in [-0.25, -0.2) is 4.39 Å². The van der Waals surface area contributed by atoms with Crippen LogP contribution in [0.15, 0.2) is 54.7 Å². The fraction of sp³-hybridized carbons (Fsp3) is 0.238. The highest BCUT2D eigenvalue weighted by Crippen LogP contribution is 2.27. The Balaban J connectivity index is 1.52. The molecular weight excluding hydrogens is 345 g/mol. The van der Waals surface area contributed by atoms with Crippen LogP contribution in [0.1, 0.15) is 34.1 Å². The normalized spacial score (nSPS) is 12.9. The third kappa shape index (κ3) is 3.43. The standard InChI is InChI=1S/C21H20FN3O2/c1-2-27-20-6-4-3-5-18(20)21(26)24-13-16-11-23-25(19(16)14-24)12-15-7-9-17(22)10-8-15/h3-11H,2,12-14H2,1H3. The van der Waals surface area contributed by atoms with Crippen LogP contribution in [-0.4, -0.2) is 27.2 Å². The molecule has 0 N–H and O–H groups in total. The largest absolute Gasteiger partial charge is 0.493 e. The number of hydrogen-bond donors (Lipinski definition) is 0. The van der Waals surface area contributed by atoms with Crippen molar-refractivity contribution in [3.63, 3.8) is 0 Å². The Morgan fingerprint density at radius 1 is 1.15 bits per heavy atom. The molecule has 138 valence electrons. The summed E-state index contributed by atoms with van der Waals surface area (Å²) < 4.78 is 20.6. The van der Waals surface area contributed by atoms with Gasteiger partial charge in [0.1, 0.15) is 11.6 Å². The predicted molar refractivity (Wildman–Crippen MR) is 98.9 cm³/mol. The van der Waals surface area contributed by atoms with E-state index in [1.54, 1.807) is 29.3 Å². The van der Waals surface area contributed by atoms with Gasteiger partial charge < -0.3 is 9.64 Å². The van der Waals surface area contributed by atoms with Crippen molar-refractivity contribution in [1.29, 1.82) is 0 Å². The van der Waals surface area contributed by atoms with Gasteiger partial charge in [0.25, 0.3) is 5.91 Å². The number of carbonyl (C=O) groups is 1. The van der Waals surface area contributed by atoms with Crippen molar-refractivity contribution in [2.75, 3.05) is 6.61 Å². The van der Waals surface area contributed by atoms with Crippen molar-refractivity contribution in [3.05, 3.63) is 82.9 Å². The number of para-hydroxylation sites is 1. The van der Waals surface area contributed by atoms with Gasteiger partial charge >= 0.3 is 0 Å². The molecule has 0 saturated carbocycles. The minimum atomic E-state index is -0.255. The SMILES string of the molecule is CCOc1ccccc1C(=O)N1Cc2cnn(Cc3ccc(F)cc3)c2C1. The van der Waals surface area contributed by atoms with Crippen molar-refractivity contribution < 1.29 is 13.9 Å². The zero-order chi connectivity index (χ0) is 18.8. The van der Waals surface area contributed by atoms with Crippen LogP contribution in [0.5, 0.6) is 5.75 Å². The molecule has 0 aliphatic carbocycles. The van der Waals surface area contributed by atoms with Crippen LogP contribution in [-0.2, 0) is 19.6 Å². The van der Waals surface area contributed by atoms with Crippen molar-refractivity contribution in [3.8, 4) is 5.75 Å². The molecule has 5 nitrogen and oxygen atoms in total. The number of rotatable bonds is 5. The number of hydrogen-bond acceptors (Lipinski definition) is 3. The maximum absolute atomic E-state index is 13.1. The summed E-state index contributed by atoms with van der Waals surface area (Å²) >= 11 is 0. The summed E-state index contributed by atoms with van der Waals surface area (Å²) in [6, 6.07) is 13.7. The minimum Gasteiger partial charge on any atom is -0.493 e. The molecule has 1 aromatic heterocycles. The first-order chi connectivity index (χ1) is 13.2. The van der Waals surface area contributed by atoms with E-state index in [4.69, 9.17) is 4.74 Å². The quantitative estimate of drug-likeness (QED) is 0.694. The van der Waals surface area contributed by atoms with E-state index >= 15 is 0 Å². The van der Waals surface area contributed by atoms with Gasteiger partial charge in [0.2, 0.25) is 0 Å². The van der Waals surface area contributed by atoms with Crippen LogP contribution < -0.4 is 4.74 Å². The van der Waals surface area contributed by atoms with Gasteiger partial charge in [-0.3, -0.25) is 9.48 Å². The van der Waals surface area contributed by atoms with E-state index in [0.29, 0.717) is 37.6 Å². The summed E-state index contributed by atoms with van der Waals surface area (Å²) in [5.74, 6) is 0.298. The molecule has 4 rings (SSSR count). The van der Waals surface area contributed by atoms with Crippen LogP contribution in [0.2, 0.25) is 0 Å². The summed E-state index contributed by atoms with van der Waals surface area (Å²) in [6.45, 7) is 3.98. The zero-order valence-corrected chi connectivity index (χ0v) is 15.1. The van der Waals surface area contributed by atoms with Gasteiger partial charge in [-0.15, -0.1) is 0 Å². The van der Waals surface area contributed by atoms with Crippen LogP contribution in [0.3, 0.4) is 0 Å². The van der Waals surface area contributed by atoms with Gasteiger partial charge in [-0.05, 0) is 36.8 Å². The summed E-state index contributed by atoms with van der Waals surface area (Å²) in [7, 11) is 0. The molecule has 0 saturated heterocycles. The molecule has 6 heteroatoms. The summed E-state index contributed by atoms with van der Waals surface area (Å²) in [5.41, 5.74) is 3.59. The van der Waals surface area contributed by atoms with Gasteiger partial charge in [0.05, 0.1) is 37.2 Å². The fourth-order valence-corrected chi connectivity index (χ4v) is 3.34. The number of halogens is 1. The van der Waals surface area contributed by atoms with Crippen LogP contribution >= 0.6 is 0 Å². The lowest BCUT2D eigenvalue weighted by Crippen LogP contribution is -2.26. The first-order valence-corrected chi connectivity index (χ1v) is 8.95. The summed E-state index contributed by atoms with van der Waals surface area (Å²) in [4.78, 5) is 14.8. The molecular formula is C21H20FN3O2. The van der Waals surface area contributed by atoms with E-state index in [9.17, 15) is 9.18 Å². The zero-order valence-electron chi connectivity index (χ0n) is 15.1. The Bertz CT molecular complexity index is 966. The molecule has 0 bridgehead atoms. The molecule has 0 radical (unpaired) electrons. The molecule has 0 fully saturated rings. The van der Waals surface area contributed by atoms with E-state index in [1.807, 2.05) is 29.8 Å². The van der Waals surface area contributed by atoms with Crippen molar-refractivity contribution >= 4 is 5.91 Å². The second-order valence-electron chi connectivity index (χ2n) is 6.49.